The van der Waals surface area contributed by atoms with Crippen molar-refractivity contribution in [2.75, 3.05) is 26.3 Å². The van der Waals surface area contributed by atoms with Crippen LogP contribution in [-0.2, 0) is 15.3 Å². The summed E-state index contributed by atoms with van der Waals surface area (Å²) in [5, 5.41) is 12.4. The van der Waals surface area contributed by atoms with Gasteiger partial charge in [-0.15, -0.1) is 0 Å². The summed E-state index contributed by atoms with van der Waals surface area (Å²) in [7, 11) is 0. The number of thiol groups is 1. The number of hydrogen-bond donors (Lipinski definition) is 3. The second-order valence-electron chi connectivity index (χ2n) is 16.8. The van der Waals surface area contributed by atoms with Gasteiger partial charge in [-0.1, -0.05) is 133 Å². The second kappa shape index (κ2) is 18.5. The number of nitrogens with one attached hydrogen (secondary N) is 1. The van der Waals surface area contributed by atoms with E-state index >= 15 is 0 Å². The van der Waals surface area contributed by atoms with Crippen LogP contribution in [0.15, 0.2) is 24.3 Å². The Hall–Kier alpha value is -1.04. The van der Waals surface area contributed by atoms with Gasteiger partial charge in [-0.2, -0.15) is 12.6 Å². The van der Waals surface area contributed by atoms with Crippen LogP contribution in [0.2, 0.25) is 0 Å². The van der Waals surface area contributed by atoms with Gasteiger partial charge in [-0.05, 0) is 90.3 Å². The van der Waals surface area contributed by atoms with Crippen LogP contribution in [0.4, 0.5) is 0 Å². The van der Waals surface area contributed by atoms with Gasteiger partial charge in [-0.25, -0.2) is 0 Å². The number of aliphatic hydroxyl groups is 1. The number of benzene rings is 1. The highest BCUT2D eigenvalue weighted by Crippen LogP contribution is 2.65. The topological polar surface area (TPSA) is 58.6 Å². The normalized spacial score (nSPS) is 15.9. The maximum absolute atomic E-state index is 14.3. The number of carbonyl (C=O) groups is 1. The van der Waals surface area contributed by atoms with E-state index in [0.717, 1.165) is 57.4 Å². The third-order valence-electron chi connectivity index (χ3n) is 12.3. The SMILES string of the molecule is CCCCC(C)C(C)(C)CC(c1ccc(CS)cc1)C(C)(C)C(C)(C)C(C)(C(=O)OCCCNCCCCCCO)C(C)(C)C. The first kappa shape index (κ1) is 42.0. The van der Waals surface area contributed by atoms with E-state index < -0.39 is 10.8 Å². The van der Waals surface area contributed by atoms with Crippen LogP contribution >= 0.6 is 12.6 Å². The number of hydrogen-bond acceptors (Lipinski definition) is 5. The number of aliphatic hydroxyl groups excluding tert-OH is 1. The van der Waals surface area contributed by atoms with Gasteiger partial charge >= 0.3 is 5.97 Å². The van der Waals surface area contributed by atoms with Crippen LogP contribution in [-0.4, -0.2) is 37.4 Å². The third-order valence-corrected chi connectivity index (χ3v) is 12.6. The minimum absolute atomic E-state index is 0.0863. The molecule has 0 spiro atoms. The van der Waals surface area contributed by atoms with Gasteiger partial charge in [0, 0.05) is 12.4 Å². The van der Waals surface area contributed by atoms with Crippen LogP contribution in [0.1, 0.15) is 158 Å². The van der Waals surface area contributed by atoms with Gasteiger partial charge in [0.05, 0.1) is 12.0 Å². The predicted molar refractivity (Wildman–Crippen MR) is 198 cm³/mol. The van der Waals surface area contributed by atoms with Crippen LogP contribution in [0.5, 0.6) is 0 Å². The molecule has 4 nitrogen and oxygen atoms in total. The van der Waals surface area contributed by atoms with Gasteiger partial charge in [0.1, 0.15) is 0 Å². The molecular weight excluding hydrogens is 575 g/mol. The zero-order valence-electron chi connectivity index (χ0n) is 31.6. The van der Waals surface area contributed by atoms with Crippen LogP contribution in [0.3, 0.4) is 0 Å². The molecule has 0 aliphatic carbocycles. The average Bonchev–Trinajstić information content (AvgIpc) is 2.98. The lowest BCUT2D eigenvalue weighted by molar-refractivity contribution is -0.187. The highest BCUT2D eigenvalue weighted by molar-refractivity contribution is 7.79. The molecule has 0 saturated carbocycles. The fraction of sp³-hybridized carbons (Fsp3) is 0.825. The van der Waals surface area contributed by atoms with Crippen molar-refractivity contribution in [1.82, 2.24) is 5.32 Å². The Morgan fingerprint density at radius 1 is 0.867 bits per heavy atom. The quantitative estimate of drug-likeness (QED) is 0.0666. The lowest BCUT2D eigenvalue weighted by atomic mass is 9.43. The van der Waals surface area contributed by atoms with Crippen molar-refractivity contribution in [2.45, 2.75) is 153 Å². The first-order valence-electron chi connectivity index (χ1n) is 18.0. The average molecular weight is 648 g/mol. The Morgan fingerprint density at radius 3 is 1.98 bits per heavy atom. The monoisotopic (exact) mass is 648 g/mol. The molecule has 2 N–H and O–H groups in total. The van der Waals surface area contributed by atoms with Gasteiger partial charge in [-0.3, -0.25) is 4.79 Å². The Bertz CT molecular complexity index is 978. The molecule has 0 aromatic heterocycles. The Morgan fingerprint density at radius 2 is 1.44 bits per heavy atom. The molecule has 5 heteroatoms. The maximum Gasteiger partial charge on any atom is 0.312 e. The summed E-state index contributed by atoms with van der Waals surface area (Å²) in [5.41, 5.74) is 1.02. The lowest BCUT2D eigenvalue weighted by Gasteiger charge is -2.60. The molecule has 3 atom stereocenters. The summed E-state index contributed by atoms with van der Waals surface area (Å²) in [6, 6.07) is 9.08. The van der Waals surface area contributed by atoms with Gasteiger partial charge < -0.3 is 15.2 Å². The van der Waals surface area contributed by atoms with E-state index in [1.807, 2.05) is 0 Å². The number of ether oxygens (including phenoxy) is 1. The van der Waals surface area contributed by atoms with Crippen molar-refractivity contribution in [1.29, 1.82) is 0 Å². The summed E-state index contributed by atoms with van der Waals surface area (Å²) < 4.78 is 6.16. The Balaban J connectivity index is 3.33. The number of rotatable bonds is 22. The van der Waals surface area contributed by atoms with E-state index in [-0.39, 0.29) is 34.7 Å². The summed E-state index contributed by atoms with van der Waals surface area (Å²) >= 11 is 4.52. The predicted octanol–water partition coefficient (Wildman–Crippen LogP) is 10.6. The van der Waals surface area contributed by atoms with E-state index in [2.05, 4.69) is 125 Å². The van der Waals surface area contributed by atoms with E-state index in [0.29, 0.717) is 12.5 Å². The summed E-state index contributed by atoms with van der Waals surface area (Å²) in [6.07, 6.45) is 9.77. The molecule has 45 heavy (non-hydrogen) atoms. The molecule has 0 bridgehead atoms. The minimum Gasteiger partial charge on any atom is -0.465 e. The number of unbranched alkanes of at least 4 members (excludes halogenated alkanes) is 4. The molecule has 0 amide bonds. The zero-order valence-corrected chi connectivity index (χ0v) is 32.5. The molecule has 1 rings (SSSR count). The van der Waals surface area contributed by atoms with E-state index in [1.165, 1.54) is 30.4 Å². The summed E-state index contributed by atoms with van der Waals surface area (Å²) in [5.74, 6) is 1.49. The Kier molecular flexibility index (Phi) is 17.2. The molecule has 3 unspecified atom stereocenters. The smallest absolute Gasteiger partial charge is 0.312 e. The highest BCUT2D eigenvalue weighted by atomic mass is 32.1. The second-order valence-corrected chi connectivity index (χ2v) is 17.1. The maximum atomic E-state index is 14.3. The fourth-order valence-corrected chi connectivity index (χ4v) is 7.41. The molecule has 0 aliphatic heterocycles. The molecule has 0 aliphatic rings. The Labute approximate surface area is 285 Å². The molecule has 1 aromatic carbocycles. The summed E-state index contributed by atoms with van der Waals surface area (Å²) in [6.45, 7) is 30.3. The van der Waals surface area contributed by atoms with E-state index in [4.69, 9.17) is 9.84 Å². The fourth-order valence-electron chi connectivity index (χ4n) is 7.20. The lowest BCUT2D eigenvalue weighted by Crippen LogP contribution is -2.59. The van der Waals surface area contributed by atoms with Crippen LogP contribution < -0.4 is 5.32 Å². The molecule has 0 radical (unpaired) electrons. The van der Waals surface area contributed by atoms with Gasteiger partial charge in [0.15, 0.2) is 0 Å². The molecule has 0 heterocycles. The first-order valence-corrected chi connectivity index (χ1v) is 18.7. The standard InChI is InChI=1S/C40H73NO3S/c1-13-14-20-31(2)37(6,7)29-34(33-23-21-32(30-45)22-24-33)38(8,9)39(10,11)40(12,36(3,4)5)35(43)44-28-19-26-41-25-17-15-16-18-27-42/h21-24,31,34,41-42,45H,13-20,25-30H2,1-12H3. The largest absolute Gasteiger partial charge is 0.465 e. The van der Waals surface area contributed by atoms with Crippen LogP contribution in [0.25, 0.3) is 0 Å². The molecular formula is C40H73NO3S. The summed E-state index contributed by atoms with van der Waals surface area (Å²) in [4.78, 5) is 14.3. The van der Waals surface area contributed by atoms with Crippen molar-refractivity contribution < 1.29 is 14.6 Å². The third kappa shape index (κ3) is 11.0. The molecule has 262 valence electrons. The van der Waals surface area contributed by atoms with E-state index in [9.17, 15) is 4.79 Å². The number of esters is 1. The van der Waals surface area contributed by atoms with Crippen molar-refractivity contribution in [3.63, 3.8) is 0 Å². The minimum atomic E-state index is -0.731. The highest BCUT2D eigenvalue weighted by Gasteiger charge is 2.62. The molecule has 0 saturated heterocycles. The van der Waals surface area contributed by atoms with Crippen LogP contribution in [0, 0.1) is 33.0 Å². The van der Waals surface area contributed by atoms with E-state index in [1.54, 1.807) is 0 Å². The first-order chi connectivity index (χ1) is 20.8. The van der Waals surface area contributed by atoms with Crippen molar-refractivity contribution >= 4 is 18.6 Å². The van der Waals surface area contributed by atoms with Gasteiger partial charge in [0.25, 0.3) is 0 Å². The molecule has 1 aromatic rings. The van der Waals surface area contributed by atoms with Crippen molar-refractivity contribution in [2.24, 2.45) is 33.0 Å². The van der Waals surface area contributed by atoms with Crippen molar-refractivity contribution in [3.05, 3.63) is 35.4 Å². The molecule has 0 fully saturated rings. The zero-order chi connectivity index (χ0) is 34.5. The number of carbonyl (C=O) groups excluding carboxylic acids is 1. The van der Waals surface area contributed by atoms with Gasteiger partial charge in [0.2, 0.25) is 0 Å². The van der Waals surface area contributed by atoms with Crippen molar-refractivity contribution in [3.8, 4) is 0 Å².